The molecule has 2 aliphatic heterocycles. The summed E-state index contributed by atoms with van der Waals surface area (Å²) < 4.78 is 0. The normalized spacial score (nSPS) is 16.7. The second kappa shape index (κ2) is 11.4. The van der Waals surface area contributed by atoms with Gasteiger partial charge in [0, 0.05) is 23.6 Å². The standard InChI is InChI=1S/C26H26N2.C11H8N.Ir/c1-26(2)21-13-8-14-23-25(21)28(17-27(23)20-11-4-3-5-12-20)24-16-19-10-7-6-9-18(19)15-22(24)26;1-2-6-10(7-3-1)11-8-4-5-9-12-11;/h6-10,13-15,17,20H,3-5,11-12H2,1-2H3;1-6,8-9H;/q-2;-1;+3. The molecule has 0 bridgehead atoms. The molecule has 206 valence electrons. The largest absolute Gasteiger partial charge is 3.00 e. The summed E-state index contributed by atoms with van der Waals surface area (Å²) in [6.07, 6.45) is 8.47. The fourth-order valence-corrected chi connectivity index (χ4v) is 6.60. The predicted molar refractivity (Wildman–Crippen MR) is 166 cm³/mol. The number of fused-ring (bicyclic) bond motifs is 3. The summed E-state index contributed by atoms with van der Waals surface area (Å²) in [6.45, 7) is 7.10. The van der Waals surface area contributed by atoms with Crippen LogP contribution < -0.4 is 9.80 Å². The first-order chi connectivity index (χ1) is 19.6. The minimum absolute atomic E-state index is 0. The molecule has 0 spiro atoms. The Bertz CT molecular complexity index is 1600. The molecule has 3 heterocycles. The van der Waals surface area contributed by atoms with Gasteiger partial charge in [-0.25, -0.2) is 0 Å². The van der Waals surface area contributed by atoms with E-state index in [-0.39, 0.29) is 25.5 Å². The number of aromatic nitrogens is 1. The van der Waals surface area contributed by atoms with E-state index in [9.17, 15) is 0 Å². The topological polar surface area (TPSA) is 19.4 Å². The SMILES string of the molecule is CC1(C)c2cc3ccccc3[c-]c2N2[CH-]N(C3CCCCC3)c3cccc1c32.[Ir+3].[c-]1ccccc1-c1ccccn1. The summed E-state index contributed by atoms with van der Waals surface area (Å²) >= 11 is 0. The Hall–Kier alpha value is -3.46. The molecule has 4 heteroatoms. The van der Waals surface area contributed by atoms with E-state index in [1.54, 1.807) is 6.20 Å². The van der Waals surface area contributed by atoms with E-state index in [1.165, 1.54) is 71.1 Å². The first-order valence-corrected chi connectivity index (χ1v) is 14.5. The van der Waals surface area contributed by atoms with Gasteiger partial charge in [0.2, 0.25) is 0 Å². The minimum Gasteiger partial charge on any atom is -0.499 e. The molecule has 0 radical (unpaired) electrons. The average Bonchev–Trinajstić information content (AvgIpc) is 3.41. The molecular formula is C37H34IrN3. The summed E-state index contributed by atoms with van der Waals surface area (Å²) in [4.78, 5) is 9.20. The molecule has 0 saturated heterocycles. The van der Waals surface area contributed by atoms with Crippen molar-refractivity contribution in [3.8, 4) is 11.3 Å². The quantitative estimate of drug-likeness (QED) is 0.170. The van der Waals surface area contributed by atoms with Crippen molar-refractivity contribution in [3.05, 3.63) is 127 Å². The smallest absolute Gasteiger partial charge is 0.499 e. The van der Waals surface area contributed by atoms with Crippen molar-refractivity contribution >= 4 is 27.8 Å². The molecule has 1 saturated carbocycles. The Balaban J connectivity index is 0.000000196. The summed E-state index contributed by atoms with van der Waals surface area (Å²) in [5.41, 5.74) is 8.75. The van der Waals surface area contributed by atoms with Crippen molar-refractivity contribution in [1.82, 2.24) is 4.98 Å². The van der Waals surface area contributed by atoms with E-state index in [0.29, 0.717) is 6.04 Å². The van der Waals surface area contributed by atoms with E-state index in [2.05, 4.69) is 96.0 Å². The van der Waals surface area contributed by atoms with E-state index >= 15 is 0 Å². The number of rotatable bonds is 2. The van der Waals surface area contributed by atoms with Gasteiger partial charge in [-0.05, 0) is 41.6 Å². The van der Waals surface area contributed by atoms with Gasteiger partial charge in [0.05, 0.1) is 0 Å². The molecular weight excluding hydrogens is 679 g/mol. The molecule has 4 aromatic carbocycles. The fraction of sp³-hybridized carbons (Fsp3) is 0.243. The van der Waals surface area contributed by atoms with Gasteiger partial charge in [0.25, 0.3) is 0 Å². The molecule has 5 aromatic rings. The van der Waals surface area contributed by atoms with Crippen LogP contribution in [0.2, 0.25) is 0 Å². The second-order valence-electron chi connectivity index (χ2n) is 11.6. The molecule has 0 N–H and O–H groups in total. The van der Waals surface area contributed by atoms with Crippen LogP contribution in [-0.2, 0) is 25.5 Å². The maximum Gasteiger partial charge on any atom is 3.00 e. The zero-order chi connectivity index (χ0) is 27.1. The third-order valence-corrected chi connectivity index (χ3v) is 8.75. The number of anilines is 3. The van der Waals surface area contributed by atoms with Crippen LogP contribution in [0.1, 0.15) is 57.1 Å². The Morgan fingerprint density at radius 2 is 1.66 bits per heavy atom. The van der Waals surface area contributed by atoms with Gasteiger partial charge in [0.1, 0.15) is 0 Å². The number of benzene rings is 4. The summed E-state index contributed by atoms with van der Waals surface area (Å²) in [7, 11) is 0. The third-order valence-electron chi connectivity index (χ3n) is 8.75. The molecule has 3 nitrogen and oxygen atoms in total. The Morgan fingerprint density at radius 1 is 0.854 bits per heavy atom. The molecule has 8 rings (SSSR count). The number of hydrogen-bond acceptors (Lipinski definition) is 3. The van der Waals surface area contributed by atoms with E-state index in [4.69, 9.17) is 0 Å². The van der Waals surface area contributed by atoms with Crippen LogP contribution in [-0.4, -0.2) is 11.0 Å². The van der Waals surface area contributed by atoms with Crippen LogP contribution in [0.25, 0.3) is 22.0 Å². The van der Waals surface area contributed by atoms with Crippen LogP contribution in [0, 0.1) is 18.8 Å². The van der Waals surface area contributed by atoms with Crippen molar-refractivity contribution in [1.29, 1.82) is 0 Å². The predicted octanol–water partition coefficient (Wildman–Crippen LogP) is 9.24. The van der Waals surface area contributed by atoms with Crippen molar-refractivity contribution in [3.63, 3.8) is 0 Å². The van der Waals surface area contributed by atoms with Crippen molar-refractivity contribution in [2.75, 3.05) is 9.80 Å². The third kappa shape index (κ3) is 4.98. The Morgan fingerprint density at radius 3 is 2.44 bits per heavy atom. The van der Waals surface area contributed by atoms with Gasteiger partial charge in [0.15, 0.2) is 0 Å². The van der Waals surface area contributed by atoms with Gasteiger partial charge in [-0.15, -0.1) is 70.9 Å². The zero-order valence-corrected chi connectivity index (χ0v) is 26.0. The molecule has 1 fully saturated rings. The Kier molecular flexibility index (Phi) is 7.72. The van der Waals surface area contributed by atoms with Gasteiger partial charge >= 0.3 is 20.1 Å². The number of para-hydroxylation sites is 1. The first kappa shape index (κ1) is 27.7. The van der Waals surface area contributed by atoms with Crippen LogP contribution in [0.4, 0.5) is 17.1 Å². The maximum absolute atomic E-state index is 4.22. The number of hydrogen-bond donors (Lipinski definition) is 0. The van der Waals surface area contributed by atoms with Crippen LogP contribution in [0.3, 0.4) is 0 Å². The molecule has 0 unspecified atom stereocenters. The summed E-state index contributed by atoms with van der Waals surface area (Å²) in [5, 5.41) is 2.47. The van der Waals surface area contributed by atoms with Crippen LogP contribution in [0.15, 0.2) is 97.2 Å². The van der Waals surface area contributed by atoms with Crippen LogP contribution in [0.5, 0.6) is 0 Å². The maximum atomic E-state index is 4.22. The minimum atomic E-state index is -0.0336. The average molecular weight is 713 g/mol. The van der Waals surface area contributed by atoms with Crippen LogP contribution >= 0.6 is 0 Å². The van der Waals surface area contributed by atoms with Crippen molar-refractivity contribution < 1.29 is 20.1 Å². The first-order valence-electron chi connectivity index (χ1n) is 14.5. The van der Waals surface area contributed by atoms with E-state index < -0.39 is 0 Å². The van der Waals surface area contributed by atoms with Crippen molar-refractivity contribution in [2.24, 2.45) is 0 Å². The molecule has 41 heavy (non-hydrogen) atoms. The van der Waals surface area contributed by atoms with Gasteiger partial charge in [-0.2, -0.15) is 6.67 Å². The number of nitrogens with zero attached hydrogens (tertiary/aromatic N) is 3. The van der Waals surface area contributed by atoms with E-state index in [0.717, 1.165) is 11.3 Å². The molecule has 0 amide bonds. The fourth-order valence-electron chi connectivity index (χ4n) is 6.60. The molecule has 1 aromatic heterocycles. The zero-order valence-electron chi connectivity index (χ0n) is 23.6. The molecule has 1 aliphatic carbocycles. The monoisotopic (exact) mass is 713 g/mol. The van der Waals surface area contributed by atoms with Gasteiger partial charge in [-0.3, -0.25) is 0 Å². The summed E-state index contributed by atoms with van der Waals surface area (Å²) in [6, 6.07) is 39.1. The molecule has 0 atom stereocenters. The van der Waals surface area contributed by atoms with Gasteiger partial charge in [-0.1, -0.05) is 80.8 Å². The summed E-state index contributed by atoms with van der Waals surface area (Å²) in [5.74, 6) is 0. The Labute approximate surface area is 257 Å². The van der Waals surface area contributed by atoms with Crippen molar-refractivity contribution in [2.45, 2.75) is 57.4 Å². The molecule has 3 aliphatic rings. The number of pyridine rings is 1. The van der Waals surface area contributed by atoms with Gasteiger partial charge < -0.3 is 14.8 Å². The second-order valence-corrected chi connectivity index (χ2v) is 11.6. The van der Waals surface area contributed by atoms with E-state index in [1.807, 2.05) is 42.5 Å².